The van der Waals surface area contributed by atoms with Gasteiger partial charge in [0, 0.05) is 18.9 Å². The summed E-state index contributed by atoms with van der Waals surface area (Å²) < 4.78 is 0. The van der Waals surface area contributed by atoms with Crippen LogP contribution in [-0.2, 0) is 0 Å². The Labute approximate surface area is 76.2 Å². The average Bonchev–Trinajstić information content (AvgIpc) is 2.48. The predicted octanol–water partition coefficient (Wildman–Crippen LogP) is 2.61. The first-order chi connectivity index (χ1) is 5.36. The number of rotatable bonds is 4. The molecule has 2 nitrogen and oxygen atoms in total. The van der Waals surface area contributed by atoms with Gasteiger partial charge in [0.05, 0.1) is 6.67 Å². The number of hydrogen-bond acceptors (Lipinski definition) is 2. The summed E-state index contributed by atoms with van der Waals surface area (Å²) in [5, 5.41) is 0. The molecule has 1 aliphatic rings. The maximum Gasteiger partial charge on any atom is 0.0935 e. The molecule has 0 saturated carbocycles. The van der Waals surface area contributed by atoms with Gasteiger partial charge in [-0.25, -0.2) is 0 Å². The van der Waals surface area contributed by atoms with Crippen molar-refractivity contribution in [1.29, 1.82) is 0 Å². The van der Waals surface area contributed by atoms with Crippen LogP contribution in [0.1, 0.15) is 27.2 Å². The van der Waals surface area contributed by atoms with Crippen LogP contribution in [0.15, 0.2) is 25.2 Å². The van der Waals surface area contributed by atoms with Crippen molar-refractivity contribution in [2.45, 2.75) is 27.2 Å². The molecule has 0 radical (unpaired) electrons. The summed E-state index contributed by atoms with van der Waals surface area (Å²) in [6.45, 7) is 8.06. The van der Waals surface area contributed by atoms with Crippen molar-refractivity contribution in [1.82, 2.24) is 9.80 Å². The fraction of sp³-hybridized carbons (Fsp3) is 0.600. The van der Waals surface area contributed by atoms with Crippen LogP contribution in [0.3, 0.4) is 0 Å². The molecule has 0 N–H and O–H groups in total. The van der Waals surface area contributed by atoms with Gasteiger partial charge < -0.3 is 9.80 Å². The first-order valence-corrected chi connectivity index (χ1v) is 4.17. The van der Waals surface area contributed by atoms with Gasteiger partial charge in [-0.15, -0.1) is 0 Å². The van der Waals surface area contributed by atoms with E-state index in [2.05, 4.69) is 35.7 Å². The molecule has 12 heavy (non-hydrogen) atoms. The second-order valence-electron chi connectivity index (χ2n) is 2.80. The van der Waals surface area contributed by atoms with E-state index in [1.54, 1.807) is 0 Å². The van der Waals surface area contributed by atoms with E-state index in [0.717, 1.165) is 13.2 Å². The summed E-state index contributed by atoms with van der Waals surface area (Å²) in [5.74, 6) is 0. The van der Waals surface area contributed by atoms with E-state index < -0.39 is 0 Å². The highest BCUT2D eigenvalue weighted by Crippen LogP contribution is 2.06. The lowest BCUT2D eigenvalue weighted by atomic mass is 10.3. The molecule has 0 spiro atoms. The van der Waals surface area contributed by atoms with Gasteiger partial charge >= 0.3 is 0 Å². The second kappa shape index (κ2) is 5.70. The highest BCUT2D eigenvalue weighted by atomic mass is 15.3. The van der Waals surface area contributed by atoms with Crippen LogP contribution in [0.25, 0.3) is 0 Å². The van der Waals surface area contributed by atoms with Gasteiger partial charge in [-0.1, -0.05) is 27.4 Å². The van der Waals surface area contributed by atoms with E-state index in [4.69, 9.17) is 0 Å². The Morgan fingerprint density at radius 1 is 1.50 bits per heavy atom. The molecule has 0 aromatic rings. The molecule has 0 atom stereocenters. The van der Waals surface area contributed by atoms with E-state index in [1.165, 1.54) is 12.8 Å². The first-order valence-electron chi connectivity index (χ1n) is 4.17. The van der Waals surface area contributed by atoms with Crippen LogP contribution in [0.5, 0.6) is 0 Å². The molecule has 0 fully saturated rings. The van der Waals surface area contributed by atoms with Gasteiger partial charge in [-0.05, 0) is 12.6 Å². The summed E-state index contributed by atoms with van der Waals surface area (Å²) in [6, 6.07) is 0. The van der Waals surface area contributed by atoms with Gasteiger partial charge in [-0.2, -0.15) is 0 Å². The largest absolute Gasteiger partial charge is 0.358 e. The van der Waals surface area contributed by atoms with Gasteiger partial charge in [0.2, 0.25) is 0 Å². The highest BCUT2D eigenvalue weighted by Gasteiger charge is 2.07. The standard InChI is InChI=1S/C9H16N2.CH4/c1-3-5-6-11-8-7-10(4-2)9-11;/h4,7-8H,2-3,5-6,9H2,1H3;1H4. The first kappa shape index (κ1) is 11.1. The summed E-state index contributed by atoms with van der Waals surface area (Å²) in [6.07, 6.45) is 8.57. The van der Waals surface area contributed by atoms with Crippen molar-refractivity contribution in [2.24, 2.45) is 0 Å². The molecule has 0 aromatic heterocycles. The van der Waals surface area contributed by atoms with Gasteiger partial charge in [-0.3, -0.25) is 0 Å². The van der Waals surface area contributed by atoms with Gasteiger partial charge in [0.25, 0.3) is 0 Å². The zero-order valence-electron chi connectivity index (χ0n) is 7.16. The average molecular weight is 168 g/mol. The molecular weight excluding hydrogens is 148 g/mol. The summed E-state index contributed by atoms with van der Waals surface area (Å²) in [7, 11) is 0. The molecule has 0 saturated heterocycles. The Kier molecular flexibility index (Phi) is 5.26. The van der Waals surface area contributed by atoms with Gasteiger partial charge in [0.1, 0.15) is 0 Å². The third kappa shape index (κ3) is 2.99. The second-order valence-corrected chi connectivity index (χ2v) is 2.80. The molecule has 0 aliphatic carbocycles. The summed E-state index contributed by atoms with van der Waals surface area (Å²) in [4.78, 5) is 4.38. The fourth-order valence-electron chi connectivity index (χ4n) is 1.11. The lowest BCUT2D eigenvalue weighted by Gasteiger charge is -2.17. The van der Waals surface area contributed by atoms with E-state index in [-0.39, 0.29) is 7.43 Å². The number of hydrogen-bond donors (Lipinski definition) is 0. The Balaban J connectivity index is 0.00000121. The molecule has 1 rings (SSSR count). The van der Waals surface area contributed by atoms with Crippen molar-refractivity contribution in [3.63, 3.8) is 0 Å². The van der Waals surface area contributed by atoms with Crippen LogP contribution in [0.2, 0.25) is 0 Å². The maximum atomic E-state index is 3.71. The monoisotopic (exact) mass is 168 g/mol. The van der Waals surface area contributed by atoms with Crippen molar-refractivity contribution < 1.29 is 0 Å². The molecule has 1 aliphatic heterocycles. The number of nitrogens with zero attached hydrogens (tertiary/aromatic N) is 2. The third-order valence-corrected chi connectivity index (χ3v) is 1.85. The highest BCUT2D eigenvalue weighted by molar-refractivity contribution is 4.94. The molecule has 1 heterocycles. The Morgan fingerprint density at radius 3 is 2.75 bits per heavy atom. The van der Waals surface area contributed by atoms with Crippen LogP contribution in [0, 0.1) is 0 Å². The molecular formula is C10H20N2. The summed E-state index contributed by atoms with van der Waals surface area (Å²) in [5.41, 5.74) is 0. The van der Waals surface area contributed by atoms with Crippen LogP contribution in [0.4, 0.5) is 0 Å². The third-order valence-electron chi connectivity index (χ3n) is 1.85. The van der Waals surface area contributed by atoms with Crippen molar-refractivity contribution >= 4 is 0 Å². The topological polar surface area (TPSA) is 6.48 Å². The summed E-state index contributed by atoms with van der Waals surface area (Å²) >= 11 is 0. The van der Waals surface area contributed by atoms with E-state index in [1.807, 2.05) is 6.20 Å². The quantitative estimate of drug-likeness (QED) is 0.636. The lowest BCUT2D eigenvalue weighted by molar-refractivity contribution is 0.310. The van der Waals surface area contributed by atoms with Crippen molar-refractivity contribution in [2.75, 3.05) is 13.2 Å². The predicted molar refractivity (Wildman–Crippen MR) is 54.4 cm³/mol. The minimum absolute atomic E-state index is 0. The van der Waals surface area contributed by atoms with Crippen molar-refractivity contribution in [3.05, 3.63) is 25.2 Å². The molecule has 2 heteroatoms. The van der Waals surface area contributed by atoms with Crippen LogP contribution >= 0.6 is 0 Å². The SMILES string of the molecule is C.C=CN1C=CN(CCCC)C1. The normalized spacial score (nSPS) is 14.8. The zero-order chi connectivity index (χ0) is 8.10. The smallest absolute Gasteiger partial charge is 0.0935 e. The van der Waals surface area contributed by atoms with Crippen molar-refractivity contribution in [3.8, 4) is 0 Å². The van der Waals surface area contributed by atoms with Gasteiger partial charge in [0.15, 0.2) is 0 Å². The molecule has 0 aromatic carbocycles. The van der Waals surface area contributed by atoms with E-state index in [0.29, 0.717) is 0 Å². The lowest BCUT2D eigenvalue weighted by Crippen LogP contribution is -2.22. The van der Waals surface area contributed by atoms with Crippen LogP contribution < -0.4 is 0 Å². The Bertz CT molecular complexity index is 152. The Morgan fingerprint density at radius 2 is 2.25 bits per heavy atom. The molecule has 0 bridgehead atoms. The minimum atomic E-state index is 0. The molecule has 0 amide bonds. The maximum absolute atomic E-state index is 3.71. The van der Waals surface area contributed by atoms with E-state index in [9.17, 15) is 0 Å². The zero-order valence-corrected chi connectivity index (χ0v) is 7.16. The fourth-order valence-corrected chi connectivity index (χ4v) is 1.11. The van der Waals surface area contributed by atoms with E-state index >= 15 is 0 Å². The molecule has 0 unspecified atom stereocenters. The number of unbranched alkanes of at least 4 members (excludes halogenated alkanes) is 1. The Hall–Kier alpha value is -0.920. The minimum Gasteiger partial charge on any atom is -0.358 e. The van der Waals surface area contributed by atoms with Crippen LogP contribution in [-0.4, -0.2) is 23.0 Å². The molecule has 70 valence electrons.